The van der Waals surface area contributed by atoms with Crippen molar-refractivity contribution in [2.45, 2.75) is 19.0 Å². The number of methoxy groups -OCH3 is 2. The Morgan fingerprint density at radius 3 is 2.47 bits per heavy atom. The average molecular weight is 495 g/mol. The molecule has 0 bridgehead atoms. The number of benzene rings is 2. The maximum absolute atomic E-state index is 12.3. The van der Waals surface area contributed by atoms with E-state index in [1.54, 1.807) is 44.6 Å². The molecule has 0 atom stereocenters. The van der Waals surface area contributed by atoms with Crippen LogP contribution in [0.25, 0.3) is 17.1 Å². The van der Waals surface area contributed by atoms with Gasteiger partial charge in [-0.3, -0.25) is 9.36 Å². The van der Waals surface area contributed by atoms with E-state index in [0.717, 1.165) is 0 Å². The summed E-state index contributed by atoms with van der Waals surface area (Å²) in [7, 11) is 3.13. The molecule has 0 aliphatic rings. The second kappa shape index (κ2) is 10.9. The Balaban J connectivity index is 2.04. The van der Waals surface area contributed by atoms with Crippen LogP contribution in [0.2, 0.25) is 10.0 Å². The number of thioether (sulfide) groups is 1. The summed E-state index contributed by atoms with van der Waals surface area (Å²) in [6, 6.07) is 10.6. The Kier molecular flexibility index (Phi) is 8.28. The fourth-order valence-corrected chi connectivity index (χ4v) is 4.12. The van der Waals surface area contributed by atoms with Crippen molar-refractivity contribution in [1.29, 1.82) is 0 Å². The standard InChI is InChI=1S/C22H24Cl2N4O3S/c1-13(2)11-25-20(29)12-32-22-27-26-21(16-9-14(23)5-7-18(16)30-3)28(22)15-6-8-19(31-4)17(24)10-15/h5-10,13H,11-12H2,1-4H3,(H,25,29). The second-order valence-corrected chi connectivity index (χ2v) is 9.08. The number of carbonyl (C=O) groups excluding carboxylic acids is 1. The monoisotopic (exact) mass is 494 g/mol. The smallest absolute Gasteiger partial charge is 0.230 e. The van der Waals surface area contributed by atoms with Gasteiger partial charge in [0.15, 0.2) is 11.0 Å². The summed E-state index contributed by atoms with van der Waals surface area (Å²) in [5, 5.41) is 13.1. The van der Waals surface area contributed by atoms with Crippen molar-refractivity contribution < 1.29 is 14.3 Å². The number of amides is 1. The summed E-state index contributed by atoms with van der Waals surface area (Å²) < 4.78 is 12.6. The maximum atomic E-state index is 12.3. The maximum Gasteiger partial charge on any atom is 0.230 e. The number of nitrogens with zero attached hydrogens (tertiary/aromatic N) is 3. The van der Waals surface area contributed by atoms with Gasteiger partial charge in [-0.2, -0.15) is 0 Å². The van der Waals surface area contributed by atoms with Gasteiger partial charge >= 0.3 is 0 Å². The fourth-order valence-electron chi connectivity index (χ4n) is 2.92. The van der Waals surface area contributed by atoms with Gasteiger partial charge in [0.1, 0.15) is 11.5 Å². The first-order valence-electron chi connectivity index (χ1n) is 9.86. The van der Waals surface area contributed by atoms with Crippen LogP contribution in [0, 0.1) is 5.92 Å². The summed E-state index contributed by atoms with van der Waals surface area (Å²) >= 11 is 13.9. The van der Waals surface area contributed by atoms with Crippen LogP contribution in [0.3, 0.4) is 0 Å². The molecule has 0 aliphatic heterocycles. The van der Waals surface area contributed by atoms with Crippen LogP contribution in [0.5, 0.6) is 11.5 Å². The zero-order valence-electron chi connectivity index (χ0n) is 18.2. The summed E-state index contributed by atoms with van der Waals surface area (Å²) in [6.07, 6.45) is 0. The van der Waals surface area contributed by atoms with Crippen LogP contribution in [0.4, 0.5) is 0 Å². The Labute approximate surface area is 201 Å². The van der Waals surface area contributed by atoms with Gasteiger partial charge in [-0.05, 0) is 42.3 Å². The minimum atomic E-state index is -0.0760. The van der Waals surface area contributed by atoms with Crippen molar-refractivity contribution >= 4 is 40.9 Å². The van der Waals surface area contributed by atoms with Crippen LogP contribution >= 0.6 is 35.0 Å². The largest absolute Gasteiger partial charge is 0.496 e. The molecule has 0 radical (unpaired) electrons. The highest BCUT2D eigenvalue weighted by atomic mass is 35.5. The quantitative estimate of drug-likeness (QED) is 0.415. The van der Waals surface area contributed by atoms with Crippen molar-refractivity contribution in [3.05, 3.63) is 46.4 Å². The molecule has 1 aromatic heterocycles. The Morgan fingerprint density at radius 2 is 1.81 bits per heavy atom. The number of nitrogens with one attached hydrogen (secondary N) is 1. The van der Waals surface area contributed by atoms with E-state index in [2.05, 4.69) is 15.5 Å². The molecule has 0 aliphatic carbocycles. The van der Waals surface area contributed by atoms with Gasteiger partial charge in [-0.1, -0.05) is 48.8 Å². The van der Waals surface area contributed by atoms with E-state index < -0.39 is 0 Å². The summed E-state index contributed by atoms with van der Waals surface area (Å²) in [5.74, 6) is 2.14. The third kappa shape index (κ3) is 5.68. The molecule has 3 rings (SSSR count). The van der Waals surface area contributed by atoms with Crippen molar-refractivity contribution in [3.8, 4) is 28.6 Å². The lowest BCUT2D eigenvalue weighted by atomic mass is 10.2. The molecular formula is C22H24Cl2N4O3S. The molecule has 0 saturated heterocycles. The molecule has 32 heavy (non-hydrogen) atoms. The van der Waals surface area contributed by atoms with Gasteiger partial charge < -0.3 is 14.8 Å². The number of ether oxygens (including phenoxy) is 2. The van der Waals surface area contributed by atoms with Crippen LogP contribution in [-0.2, 0) is 4.79 Å². The molecule has 170 valence electrons. The van der Waals surface area contributed by atoms with Gasteiger partial charge in [0.2, 0.25) is 5.91 Å². The highest BCUT2D eigenvalue weighted by molar-refractivity contribution is 7.99. The van der Waals surface area contributed by atoms with Gasteiger partial charge in [0.25, 0.3) is 0 Å². The second-order valence-electron chi connectivity index (χ2n) is 7.29. The van der Waals surface area contributed by atoms with Crippen molar-refractivity contribution in [1.82, 2.24) is 20.1 Å². The number of carbonyl (C=O) groups is 1. The normalized spacial score (nSPS) is 11.0. The van der Waals surface area contributed by atoms with Gasteiger partial charge in [0, 0.05) is 11.6 Å². The minimum absolute atomic E-state index is 0.0760. The Hall–Kier alpha value is -2.42. The number of aromatic nitrogens is 3. The van der Waals surface area contributed by atoms with E-state index in [0.29, 0.717) is 56.2 Å². The van der Waals surface area contributed by atoms with Crippen LogP contribution in [-0.4, -0.2) is 47.2 Å². The molecule has 0 unspecified atom stereocenters. The van der Waals surface area contributed by atoms with Gasteiger partial charge in [-0.15, -0.1) is 10.2 Å². The molecule has 0 spiro atoms. The van der Waals surface area contributed by atoms with E-state index in [1.165, 1.54) is 11.8 Å². The number of hydrogen-bond donors (Lipinski definition) is 1. The van der Waals surface area contributed by atoms with Crippen LogP contribution in [0.15, 0.2) is 41.6 Å². The predicted molar refractivity (Wildman–Crippen MR) is 128 cm³/mol. The van der Waals surface area contributed by atoms with Gasteiger partial charge in [0.05, 0.1) is 36.2 Å². The molecule has 1 heterocycles. The molecule has 0 fully saturated rings. The van der Waals surface area contributed by atoms with Crippen molar-refractivity contribution in [3.63, 3.8) is 0 Å². The Bertz CT molecular complexity index is 1100. The van der Waals surface area contributed by atoms with E-state index in [4.69, 9.17) is 32.7 Å². The highest BCUT2D eigenvalue weighted by Crippen LogP contribution is 2.36. The van der Waals surface area contributed by atoms with Crippen LogP contribution < -0.4 is 14.8 Å². The SMILES string of the molecule is COc1ccc(-n2c(SCC(=O)NCC(C)C)nnc2-c2cc(Cl)ccc2OC)cc1Cl. The lowest BCUT2D eigenvalue weighted by molar-refractivity contribution is -0.118. The first kappa shape index (κ1) is 24.2. The average Bonchev–Trinajstić information content (AvgIpc) is 3.19. The summed E-state index contributed by atoms with van der Waals surface area (Å²) in [6.45, 7) is 4.70. The molecule has 3 aromatic rings. The summed E-state index contributed by atoms with van der Waals surface area (Å²) in [4.78, 5) is 12.3. The fraction of sp³-hybridized carbons (Fsp3) is 0.318. The topological polar surface area (TPSA) is 78.3 Å². The number of halogens is 2. The molecule has 1 amide bonds. The van der Waals surface area contributed by atoms with Gasteiger partial charge in [-0.25, -0.2) is 0 Å². The number of hydrogen-bond acceptors (Lipinski definition) is 6. The lowest BCUT2D eigenvalue weighted by Gasteiger charge is -2.14. The third-order valence-corrected chi connectivity index (χ3v) is 5.93. The van der Waals surface area contributed by atoms with Crippen molar-refractivity contribution in [2.24, 2.45) is 5.92 Å². The highest BCUT2D eigenvalue weighted by Gasteiger charge is 2.21. The zero-order valence-corrected chi connectivity index (χ0v) is 20.5. The molecule has 2 aromatic carbocycles. The van der Waals surface area contributed by atoms with E-state index in [9.17, 15) is 4.79 Å². The van der Waals surface area contributed by atoms with E-state index in [1.807, 2.05) is 24.5 Å². The third-order valence-electron chi connectivity index (χ3n) is 4.47. The zero-order chi connectivity index (χ0) is 23.3. The summed E-state index contributed by atoms with van der Waals surface area (Å²) in [5.41, 5.74) is 1.37. The van der Waals surface area contributed by atoms with E-state index in [-0.39, 0.29) is 11.7 Å². The van der Waals surface area contributed by atoms with E-state index >= 15 is 0 Å². The van der Waals surface area contributed by atoms with Crippen molar-refractivity contribution in [2.75, 3.05) is 26.5 Å². The molecule has 10 heteroatoms. The first-order valence-corrected chi connectivity index (χ1v) is 11.6. The molecule has 7 nitrogen and oxygen atoms in total. The predicted octanol–water partition coefficient (Wildman–Crippen LogP) is 5.12. The molecule has 1 N–H and O–H groups in total. The molecule has 0 saturated carbocycles. The number of rotatable bonds is 9. The lowest BCUT2D eigenvalue weighted by Crippen LogP contribution is -2.28. The first-order chi connectivity index (χ1) is 15.3. The Morgan fingerprint density at radius 1 is 1.09 bits per heavy atom. The molecular weight excluding hydrogens is 471 g/mol. The van der Waals surface area contributed by atoms with Crippen LogP contribution in [0.1, 0.15) is 13.8 Å². The minimum Gasteiger partial charge on any atom is -0.496 e.